The van der Waals surface area contributed by atoms with Gasteiger partial charge in [0.1, 0.15) is 0 Å². The Morgan fingerprint density at radius 2 is 2.13 bits per heavy atom. The molecule has 0 aromatic heterocycles. The Labute approximate surface area is 92.6 Å². The number of carbonyl (C=O) groups is 1. The highest BCUT2D eigenvalue weighted by Gasteiger charge is 2.18. The van der Waals surface area contributed by atoms with E-state index in [2.05, 4.69) is 5.32 Å². The van der Waals surface area contributed by atoms with Gasteiger partial charge in [0.2, 0.25) is 5.91 Å². The summed E-state index contributed by atoms with van der Waals surface area (Å²) in [7, 11) is 0. The second-order valence-corrected chi connectivity index (χ2v) is 3.75. The Hall–Kier alpha value is -0.610. The van der Waals surface area contributed by atoms with Crippen molar-refractivity contribution in [3.8, 4) is 0 Å². The van der Waals surface area contributed by atoms with E-state index in [9.17, 15) is 4.79 Å². The lowest BCUT2D eigenvalue weighted by molar-refractivity contribution is -0.123. The van der Waals surface area contributed by atoms with Crippen molar-refractivity contribution in [3.05, 3.63) is 0 Å². The normalized spacial score (nSPS) is 14.7. The molecular formula is C11H24N2O2. The average molecular weight is 216 g/mol. The van der Waals surface area contributed by atoms with Crippen LogP contribution in [0.25, 0.3) is 0 Å². The van der Waals surface area contributed by atoms with Crippen LogP contribution in [0.2, 0.25) is 0 Å². The van der Waals surface area contributed by atoms with Crippen molar-refractivity contribution >= 4 is 5.91 Å². The molecule has 4 nitrogen and oxygen atoms in total. The summed E-state index contributed by atoms with van der Waals surface area (Å²) in [5.41, 5.74) is 5.77. The summed E-state index contributed by atoms with van der Waals surface area (Å²) in [6.45, 7) is 8.04. The van der Waals surface area contributed by atoms with Crippen LogP contribution in [0.4, 0.5) is 0 Å². The summed E-state index contributed by atoms with van der Waals surface area (Å²) in [6, 6.07) is -0.387. The van der Waals surface area contributed by atoms with Crippen molar-refractivity contribution < 1.29 is 9.53 Å². The second kappa shape index (κ2) is 8.68. The molecule has 2 unspecified atom stereocenters. The van der Waals surface area contributed by atoms with E-state index in [1.54, 1.807) is 0 Å². The average Bonchev–Trinajstić information content (AvgIpc) is 2.26. The van der Waals surface area contributed by atoms with Crippen LogP contribution in [-0.4, -0.2) is 31.7 Å². The van der Waals surface area contributed by atoms with E-state index in [1.165, 1.54) is 0 Å². The van der Waals surface area contributed by atoms with Crippen molar-refractivity contribution in [1.82, 2.24) is 5.32 Å². The van der Waals surface area contributed by atoms with Crippen molar-refractivity contribution in [2.45, 2.75) is 39.7 Å². The lowest BCUT2D eigenvalue weighted by Crippen LogP contribution is -2.44. The van der Waals surface area contributed by atoms with E-state index in [0.717, 1.165) is 19.4 Å². The predicted octanol–water partition coefficient (Wildman–Crippen LogP) is 0.903. The van der Waals surface area contributed by atoms with Crippen molar-refractivity contribution in [3.63, 3.8) is 0 Å². The van der Waals surface area contributed by atoms with E-state index in [4.69, 9.17) is 10.5 Å². The first-order valence-electron chi connectivity index (χ1n) is 5.74. The number of nitrogens with two attached hydrogens (primary N) is 1. The summed E-state index contributed by atoms with van der Waals surface area (Å²) >= 11 is 0. The Morgan fingerprint density at radius 3 is 2.67 bits per heavy atom. The minimum atomic E-state index is -0.387. The van der Waals surface area contributed by atoms with Crippen molar-refractivity contribution in [2.24, 2.45) is 11.7 Å². The zero-order valence-electron chi connectivity index (χ0n) is 10.1. The van der Waals surface area contributed by atoms with Crippen LogP contribution in [0.1, 0.15) is 33.6 Å². The van der Waals surface area contributed by atoms with Gasteiger partial charge in [0.15, 0.2) is 0 Å². The molecule has 0 aliphatic rings. The molecule has 0 heterocycles. The Balaban J connectivity index is 3.56. The fraction of sp³-hybridized carbons (Fsp3) is 0.909. The van der Waals surface area contributed by atoms with Crippen LogP contribution < -0.4 is 11.1 Å². The first kappa shape index (κ1) is 14.4. The van der Waals surface area contributed by atoms with Crippen LogP contribution in [0.15, 0.2) is 0 Å². The molecule has 0 aromatic carbocycles. The topological polar surface area (TPSA) is 64.3 Å². The van der Waals surface area contributed by atoms with E-state index in [0.29, 0.717) is 13.2 Å². The van der Waals surface area contributed by atoms with E-state index in [1.807, 2.05) is 20.8 Å². The van der Waals surface area contributed by atoms with Crippen LogP contribution >= 0.6 is 0 Å². The molecule has 0 aliphatic heterocycles. The standard InChI is InChI=1S/C11H24N2O2/c1-4-9(3)10(12)11(14)13-7-6-8-15-5-2/h9-10H,4-8,12H2,1-3H3,(H,13,14). The number of carbonyl (C=O) groups excluding carboxylic acids is 1. The molecule has 0 saturated carbocycles. The zero-order valence-corrected chi connectivity index (χ0v) is 10.1. The summed E-state index contributed by atoms with van der Waals surface area (Å²) in [5, 5.41) is 2.81. The fourth-order valence-electron chi connectivity index (χ4n) is 1.16. The predicted molar refractivity (Wildman–Crippen MR) is 61.6 cm³/mol. The highest BCUT2D eigenvalue weighted by molar-refractivity contribution is 5.81. The number of rotatable bonds is 8. The third kappa shape index (κ3) is 6.47. The molecule has 0 aliphatic carbocycles. The molecule has 4 heteroatoms. The monoisotopic (exact) mass is 216 g/mol. The Morgan fingerprint density at radius 1 is 1.47 bits per heavy atom. The number of amides is 1. The lowest BCUT2D eigenvalue weighted by atomic mass is 9.99. The highest BCUT2D eigenvalue weighted by atomic mass is 16.5. The SMILES string of the molecule is CCOCCCNC(=O)C(N)C(C)CC. The van der Waals surface area contributed by atoms with Gasteiger partial charge in [0, 0.05) is 19.8 Å². The van der Waals surface area contributed by atoms with Gasteiger partial charge in [-0.2, -0.15) is 0 Å². The van der Waals surface area contributed by atoms with Crippen molar-refractivity contribution in [2.75, 3.05) is 19.8 Å². The quantitative estimate of drug-likeness (QED) is 0.593. The number of hydrogen-bond acceptors (Lipinski definition) is 3. The molecule has 0 aromatic rings. The number of hydrogen-bond donors (Lipinski definition) is 2. The molecule has 1 amide bonds. The third-order valence-electron chi connectivity index (χ3n) is 2.53. The Bertz CT molecular complexity index is 174. The molecule has 0 radical (unpaired) electrons. The number of ether oxygens (including phenoxy) is 1. The van der Waals surface area contributed by atoms with E-state index < -0.39 is 0 Å². The summed E-state index contributed by atoms with van der Waals surface area (Å²) in [5.74, 6) is 0.178. The largest absolute Gasteiger partial charge is 0.382 e. The van der Waals surface area contributed by atoms with E-state index in [-0.39, 0.29) is 17.9 Å². The molecule has 2 atom stereocenters. The van der Waals surface area contributed by atoms with Crippen LogP contribution in [0.5, 0.6) is 0 Å². The molecule has 15 heavy (non-hydrogen) atoms. The minimum absolute atomic E-state index is 0.0548. The lowest BCUT2D eigenvalue weighted by Gasteiger charge is -2.17. The third-order valence-corrected chi connectivity index (χ3v) is 2.53. The maximum atomic E-state index is 11.5. The van der Waals surface area contributed by atoms with Gasteiger partial charge < -0.3 is 15.8 Å². The van der Waals surface area contributed by atoms with Crippen LogP contribution in [-0.2, 0) is 9.53 Å². The Kier molecular flexibility index (Phi) is 8.33. The fourth-order valence-corrected chi connectivity index (χ4v) is 1.16. The van der Waals surface area contributed by atoms with Crippen LogP contribution in [0, 0.1) is 5.92 Å². The maximum Gasteiger partial charge on any atom is 0.237 e. The van der Waals surface area contributed by atoms with Gasteiger partial charge in [-0.05, 0) is 19.3 Å². The molecule has 0 spiro atoms. The van der Waals surface area contributed by atoms with Crippen LogP contribution in [0.3, 0.4) is 0 Å². The van der Waals surface area contributed by atoms with Gasteiger partial charge in [0.25, 0.3) is 0 Å². The minimum Gasteiger partial charge on any atom is -0.382 e. The van der Waals surface area contributed by atoms with Gasteiger partial charge in [-0.15, -0.1) is 0 Å². The summed E-state index contributed by atoms with van der Waals surface area (Å²) < 4.78 is 5.16. The highest BCUT2D eigenvalue weighted by Crippen LogP contribution is 2.04. The molecule has 0 rings (SSSR count). The van der Waals surface area contributed by atoms with Crippen molar-refractivity contribution in [1.29, 1.82) is 0 Å². The smallest absolute Gasteiger partial charge is 0.237 e. The summed E-state index contributed by atoms with van der Waals surface area (Å²) in [4.78, 5) is 11.5. The van der Waals surface area contributed by atoms with Gasteiger partial charge in [-0.1, -0.05) is 20.3 Å². The van der Waals surface area contributed by atoms with Gasteiger partial charge in [-0.3, -0.25) is 4.79 Å². The molecule has 0 saturated heterocycles. The van der Waals surface area contributed by atoms with Gasteiger partial charge >= 0.3 is 0 Å². The van der Waals surface area contributed by atoms with Gasteiger partial charge in [-0.25, -0.2) is 0 Å². The zero-order chi connectivity index (χ0) is 11.7. The first-order chi connectivity index (χ1) is 7.13. The maximum absolute atomic E-state index is 11.5. The molecule has 0 fully saturated rings. The number of nitrogens with one attached hydrogen (secondary N) is 1. The van der Waals surface area contributed by atoms with E-state index >= 15 is 0 Å². The first-order valence-corrected chi connectivity index (χ1v) is 5.74. The second-order valence-electron chi connectivity index (χ2n) is 3.75. The van der Waals surface area contributed by atoms with Gasteiger partial charge in [0.05, 0.1) is 6.04 Å². The molecule has 90 valence electrons. The summed E-state index contributed by atoms with van der Waals surface area (Å²) in [6.07, 6.45) is 1.76. The molecule has 3 N–H and O–H groups in total. The molecular weight excluding hydrogens is 192 g/mol. The molecule has 0 bridgehead atoms.